The van der Waals surface area contributed by atoms with Crippen molar-refractivity contribution in [3.8, 4) is 5.75 Å². The number of amides is 1. The molecule has 0 spiro atoms. The van der Waals surface area contributed by atoms with Crippen molar-refractivity contribution in [2.45, 2.75) is 6.92 Å². The first kappa shape index (κ1) is 18.6. The van der Waals surface area contributed by atoms with Crippen LogP contribution in [0.5, 0.6) is 5.75 Å². The van der Waals surface area contributed by atoms with E-state index in [0.29, 0.717) is 26.7 Å². The molecule has 1 heterocycles. The van der Waals surface area contributed by atoms with E-state index < -0.39 is 11.5 Å². The highest BCUT2D eigenvalue weighted by Crippen LogP contribution is 2.32. The molecule has 134 valence electrons. The minimum Gasteiger partial charge on any atom is -0.482 e. The van der Waals surface area contributed by atoms with Crippen molar-refractivity contribution in [2.24, 2.45) is 0 Å². The number of fused-ring (bicyclic) bond motifs is 1. The number of nitrogens with one attached hydrogen (secondary N) is 1. The van der Waals surface area contributed by atoms with Crippen molar-refractivity contribution >= 4 is 57.4 Å². The van der Waals surface area contributed by atoms with E-state index in [1.807, 2.05) is 0 Å². The van der Waals surface area contributed by atoms with Gasteiger partial charge in [-0.2, -0.15) is 0 Å². The Hall–Kier alpha value is -2.21. The van der Waals surface area contributed by atoms with Gasteiger partial charge in [0.1, 0.15) is 11.3 Å². The Morgan fingerprint density at radius 3 is 2.69 bits per heavy atom. The normalized spacial score (nSPS) is 10.8. The molecule has 1 amide bonds. The van der Waals surface area contributed by atoms with Crippen LogP contribution < -0.4 is 15.7 Å². The topological polar surface area (TPSA) is 68.5 Å². The Bertz CT molecular complexity index is 1060. The number of ether oxygens (including phenoxy) is 1. The molecule has 0 atom stereocenters. The lowest BCUT2D eigenvalue weighted by Gasteiger charge is -2.11. The summed E-state index contributed by atoms with van der Waals surface area (Å²) in [5.41, 5.74) is 0.960. The van der Waals surface area contributed by atoms with Gasteiger partial charge in [-0.15, -0.1) is 0 Å². The van der Waals surface area contributed by atoms with Gasteiger partial charge in [0.2, 0.25) is 0 Å². The molecule has 26 heavy (non-hydrogen) atoms. The fourth-order valence-corrected chi connectivity index (χ4v) is 2.93. The molecule has 3 rings (SSSR count). The second kappa shape index (κ2) is 7.58. The highest BCUT2D eigenvalue weighted by Gasteiger charge is 2.12. The van der Waals surface area contributed by atoms with Gasteiger partial charge in [0, 0.05) is 17.5 Å². The van der Waals surface area contributed by atoms with Crippen LogP contribution in [0.2, 0.25) is 15.1 Å². The quantitative estimate of drug-likeness (QED) is 0.607. The maximum atomic E-state index is 12.1. The van der Waals surface area contributed by atoms with Crippen LogP contribution in [-0.2, 0) is 4.79 Å². The van der Waals surface area contributed by atoms with Gasteiger partial charge in [-0.05, 0) is 30.7 Å². The molecule has 3 aromatic rings. The van der Waals surface area contributed by atoms with Crippen molar-refractivity contribution in [3.05, 3.63) is 67.4 Å². The number of hydrogen-bond acceptors (Lipinski definition) is 4. The SMILES string of the molecule is Cc1cc(=O)oc2cc(OCC(=O)Nc3cccc(Cl)c3Cl)c(Cl)cc12. The van der Waals surface area contributed by atoms with E-state index in [2.05, 4.69) is 5.32 Å². The third kappa shape index (κ3) is 3.96. The predicted octanol–water partition coefficient (Wildman–Crippen LogP) is 5.08. The monoisotopic (exact) mass is 411 g/mol. The summed E-state index contributed by atoms with van der Waals surface area (Å²) in [6, 6.07) is 9.37. The largest absolute Gasteiger partial charge is 0.482 e. The van der Waals surface area contributed by atoms with E-state index in [0.717, 1.165) is 5.56 Å². The smallest absolute Gasteiger partial charge is 0.336 e. The van der Waals surface area contributed by atoms with E-state index in [1.165, 1.54) is 12.1 Å². The van der Waals surface area contributed by atoms with Gasteiger partial charge < -0.3 is 14.5 Å². The van der Waals surface area contributed by atoms with Crippen LogP contribution in [-0.4, -0.2) is 12.5 Å². The minimum atomic E-state index is -0.475. The number of anilines is 1. The Labute approximate surface area is 163 Å². The number of carbonyl (C=O) groups is 1. The van der Waals surface area contributed by atoms with Crippen molar-refractivity contribution in [3.63, 3.8) is 0 Å². The highest BCUT2D eigenvalue weighted by molar-refractivity contribution is 6.44. The molecular formula is C18H12Cl3NO4. The molecule has 0 saturated carbocycles. The Balaban J connectivity index is 1.77. The molecule has 0 unspecified atom stereocenters. The van der Waals surface area contributed by atoms with Crippen LogP contribution in [0.25, 0.3) is 11.0 Å². The summed E-state index contributed by atoms with van der Waals surface area (Å²) >= 11 is 18.1. The van der Waals surface area contributed by atoms with E-state index >= 15 is 0 Å². The van der Waals surface area contributed by atoms with Gasteiger partial charge in [0.25, 0.3) is 5.91 Å². The highest BCUT2D eigenvalue weighted by atomic mass is 35.5. The summed E-state index contributed by atoms with van der Waals surface area (Å²) in [4.78, 5) is 23.6. The van der Waals surface area contributed by atoms with Crippen molar-refractivity contribution in [1.82, 2.24) is 0 Å². The molecule has 5 nitrogen and oxygen atoms in total. The Kier molecular flexibility index (Phi) is 5.41. The number of carbonyl (C=O) groups excluding carboxylic acids is 1. The molecule has 0 aliphatic heterocycles. The van der Waals surface area contributed by atoms with Gasteiger partial charge in [0.15, 0.2) is 6.61 Å². The number of hydrogen-bond donors (Lipinski definition) is 1. The van der Waals surface area contributed by atoms with Crippen LogP contribution in [0.3, 0.4) is 0 Å². The van der Waals surface area contributed by atoms with Crippen molar-refractivity contribution < 1.29 is 13.9 Å². The number of halogens is 3. The van der Waals surface area contributed by atoms with Crippen molar-refractivity contribution in [2.75, 3.05) is 11.9 Å². The second-order valence-corrected chi connectivity index (χ2v) is 6.66. The van der Waals surface area contributed by atoms with Gasteiger partial charge in [0.05, 0.1) is 20.8 Å². The minimum absolute atomic E-state index is 0.222. The fourth-order valence-electron chi connectivity index (χ4n) is 2.36. The molecule has 2 aromatic carbocycles. The van der Waals surface area contributed by atoms with E-state index in [1.54, 1.807) is 31.2 Å². The van der Waals surface area contributed by atoms with Gasteiger partial charge in [-0.3, -0.25) is 4.79 Å². The van der Waals surface area contributed by atoms with Gasteiger partial charge in [-0.25, -0.2) is 4.79 Å². The fraction of sp³-hybridized carbons (Fsp3) is 0.111. The summed E-state index contributed by atoms with van der Waals surface area (Å²) in [5.74, 6) is -0.226. The van der Waals surface area contributed by atoms with E-state index in [9.17, 15) is 9.59 Å². The summed E-state index contributed by atoms with van der Waals surface area (Å²) in [5, 5.41) is 4.15. The van der Waals surface area contributed by atoms with Crippen LogP contribution in [0, 0.1) is 6.92 Å². The van der Waals surface area contributed by atoms with Crippen LogP contribution in [0.1, 0.15) is 5.56 Å². The maximum Gasteiger partial charge on any atom is 0.336 e. The lowest BCUT2D eigenvalue weighted by Crippen LogP contribution is -2.20. The summed E-state index contributed by atoms with van der Waals surface area (Å²) in [6.07, 6.45) is 0. The lowest BCUT2D eigenvalue weighted by molar-refractivity contribution is -0.118. The van der Waals surface area contributed by atoms with Gasteiger partial charge >= 0.3 is 5.63 Å². The Morgan fingerprint density at radius 2 is 1.92 bits per heavy atom. The van der Waals surface area contributed by atoms with Crippen LogP contribution >= 0.6 is 34.8 Å². The third-order valence-electron chi connectivity index (χ3n) is 3.59. The molecular weight excluding hydrogens is 401 g/mol. The first-order chi connectivity index (χ1) is 12.3. The summed E-state index contributed by atoms with van der Waals surface area (Å²) < 4.78 is 10.6. The average Bonchev–Trinajstić information content (AvgIpc) is 2.58. The van der Waals surface area contributed by atoms with Crippen LogP contribution in [0.15, 0.2) is 45.6 Å². The molecule has 8 heteroatoms. The van der Waals surface area contributed by atoms with E-state index in [4.69, 9.17) is 44.0 Å². The zero-order valence-corrected chi connectivity index (χ0v) is 15.7. The lowest BCUT2D eigenvalue weighted by atomic mass is 10.1. The third-order valence-corrected chi connectivity index (χ3v) is 4.70. The number of rotatable bonds is 4. The average molecular weight is 413 g/mol. The molecule has 0 aliphatic rings. The number of aryl methyl sites for hydroxylation is 1. The zero-order chi connectivity index (χ0) is 18.8. The molecule has 0 bridgehead atoms. The second-order valence-electron chi connectivity index (χ2n) is 5.47. The number of benzene rings is 2. The standard InChI is InChI=1S/C18H12Cl3NO4/c1-9-5-17(24)26-14-7-15(12(20)6-10(9)14)25-8-16(23)22-13-4-2-3-11(19)18(13)21/h2-7H,8H2,1H3,(H,22,23). The molecule has 0 fully saturated rings. The first-order valence-corrected chi connectivity index (χ1v) is 8.59. The zero-order valence-electron chi connectivity index (χ0n) is 13.4. The molecule has 0 radical (unpaired) electrons. The summed E-state index contributed by atoms with van der Waals surface area (Å²) in [6.45, 7) is 1.46. The van der Waals surface area contributed by atoms with Gasteiger partial charge in [-0.1, -0.05) is 40.9 Å². The maximum absolute atomic E-state index is 12.1. The molecule has 1 aromatic heterocycles. The molecule has 0 aliphatic carbocycles. The predicted molar refractivity (Wildman–Crippen MR) is 103 cm³/mol. The molecule has 1 N–H and O–H groups in total. The first-order valence-electron chi connectivity index (χ1n) is 7.46. The van der Waals surface area contributed by atoms with Crippen molar-refractivity contribution in [1.29, 1.82) is 0 Å². The van der Waals surface area contributed by atoms with E-state index in [-0.39, 0.29) is 17.4 Å². The summed E-state index contributed by atoms with van der Waals surface area (Å²) in [7, 11) is 0. The van der Waals surface area contributed by atoms with Crippen LogP contribution in [0.4, 0.5) is 5.69 Å². The molecule has 0 saturated heterocycles. The Morgan fingerprint density at radius 1 is 1.15 bits per heavy atom.